The summed E-state index contributed by atoms with van der Waals surface area (Å²) in [6.07, 6.45) is -2.92. The van der Waals surface area contributed by atoms with Crippen molar-refractivity contribution in [3.63, 3.8) is 0 Å². The number of aliphatic hydroxyl groups excluding tert-OH is 1. The average Bonchev–Trinajstić information content (AvgIpc) is 2.80. The fraction of sp³-hybridized carbons (Fsp3) is 0.538. The number of aromatic carboxylic acids is 1. The first-order chi connectivity index (χ1) is 9.79. The summed E-state index contributed by atoms with van der Waals surface area (Å²) >= 11 is 0. The maximum Gasteiger partial charge on any atom is 0.433 e. The molecule has 1 saturated carbocycles. The lowest BCUT2D eigenvalue weighted by Crippen LogP contribution is -2.24. The number of hydrogen-bond donors (Lipinski definition) is 3. The molecular weight excluding hydrogens is 289 g/mol. The van der Waals surface area contributed by atoms with Crippen molar-refractivity contribution < 1.29 is 28.2 Å². The number of aromatic nitrogens is 1. The number of alkyl halides is 3. The number of carboxylic acids is 1. The van der Waals surface area contributed by atoms with Crippen molar-refractivity contribution >= 4 is 11.8 Å². The van der Waals surface area contributed by atoms with Gasteiger partial charge in [0.05, 0.1) is 6.10 Å². The number of aliphatic hydroxyl groups is 1. The second kappa shape index (κ2) is 5.88. The molecular formula is C13H15F3N2O3. The molecule has 1 heterocycles. The summed E-state index contributed by atoms with van der Waals surface area (Å²) in [4.78, 5) is 14.4. The number of nitrogens with zero attached hydrogens (tertiary/aromatic N) is 1. The van der Waals surface area contributed by atoms with Gasteiger partial charge >= 0.3 is 12.1 Å². The number of pyridine rings is 1. The number of carbonyl (C=O) groups is 1. The van der Waals surface area contributed by atoms with Crippen molar-refractivity contribution in [2.24, 2.45) is 5.92 Å². The van der Waals surface area contributed by atoms with E-state index in [9.17, 15) is 23.1 Å². The first-order valence-corrected chi connectivity index (χ1v) is 6.52. The van der Waals surface area contributed by atoms with E-state index in [1.54, 1.807) is 0 Å². The largest absolute Gasteiger partial charge is 0.478 e. The quantitative estimate of drug-likeness (QED) is 0.795. The van der Waals surface area contributed by atoms with Gasteiger partial charge in [-0.1, -0.05) is 6.42 Å². The Balaban J connectivity index is 2.20. The van der Waals surface area contributed by atoms with Crippen molar-refractivity contribution in [2.75, 3.05) is 11.9 Å². The lowest BCUT2D eigenvalue weighted by molar-refractivity contribution is -0.141. The molecule has 116 valence electrons. The van der Waals surface area contributed by atoms with Gasteiger partial charge in [0.25, 0.3) is 0 Å². The highest BCUT2D eigenvalue weighted by atomic mass is 19.4. The Morgan fingerprint density at radius 1 is 1.38 bits per heavy atom. The lowest BCUT2D eigenvalue weighted by Gasteiger charge is -2.17. The number of carboxylic acid groups (broad SMARTS) is 1. The van der Waals surface area contributed by atoms with E-state index in [0.717, 1.165) is 18.9 Å². The smallest absolute Gasteiger partial charge is 0.433 e. The average molecular weight is 304 g/mol. The second-order valence-electron chi connectivity index (χ2n) is 5.03. The summed E-state index contributed by atoms with van der Waals surface area (Å²) in [5.74, 6) is -1.79. The number of rotatable bonds is 4. The van der Waals surface area contributed by atoms with Gasteiger partial charge in [0.15, 0.2) is 0 Å². The van der Waals surface area contributed by atoms with E-state index in [0.29, 0.717) is 12.5 Å². The van der Waals surface area contributed by atoms with E-state index < -0.39 is 23.9 Å². The van der Waals surface area contributed by atoms with E-state index >= 15 is 0 Å². The Bertz CT molecular complexity index is 534. The van der Waals surface area contributed by atoms with Crippen LogP contribution in [-0.4, -0.2) is 33.8 Å². The van der Waals surface area contributed by atoms with Crippen LogP contribution >= 0.6 is 0 Å². The molecule has 5 nitrogen and oxygen atoms in total. The molecule has 0 bridgehead atoms. The molecule has 2 unspecified atom stereocenters. The SMILES string of the molecule is O=C(O)c1ccc(C(F)(F)F)nc1NCC1CCCC1O. The highest BCUT2D eigenvalue weighted by Crippen LogP contribution is 2.30. The molecule has 0 spiro atoms. The molecule has 2 rings (SSSR count). The van der Waals surface area contributed by atoms with Crippen molar-refractivity contribution in [3.8, 4) is 0 Å². The number of halogens is 3. The van der Waals surface area contributed by atoms with Gasteiger partial charge in [-0.2, -0.15) is 13.2 Å². The van der Waals surface area contributed by atoms with Gasteiger partial charge in [0.1, 0.15) is 17.1 Å². The Morgan fingerprint density at radius 2 is 2.10 bits per heavy atom. The van der Waals surface area contributed by atoms with E-state index in [1.807, 2.05) is 0 Å². The Labute approximate surface area is 118 Å². The summed E-state index contributed by atoms with van der Waals surface area (Å²) in [5.41, 5.74) is -1.47. The minimum absolute atomic E-state index is 0.108. The fourth-order valence-electron chi connectivity index (χ4n) is 2.41. The van der Waals surface area contributed by atoms with Gasteiger partial charge in [-0.25, -0.2) is 9.78 Å². The minimum atomic E-state index is -4.64. The van der Waals surface area contributed by atoms with Gasteiger partial charge in [-0.3, -0.25) is 0 Å². The second-order valence-corrected chi connectivity index (χ2v) is 5.03. The van der Waals surface area contributed by atoms with Crippen LogP contribution in [0.2, 0.25) is 0 Å². The van der Waals surface area contributed by atoms with Crippen LogP contribution in [0.5, 0.6) is 0 Å². The van der Waals surface area contributed by atoms with Crippen LogP contribution in [0.25, 0.3) is 0 Å². The third-order valence-electron chi connectivity index (χ3n) is 3.57. The molecule has 1 aliphatic rings. The molecule has 0 aromatic carbocycles. The molecule has 8 heteroatoms. The molecule has 1 aromatic heterocycles. The third-order valence-corrected chi connectivity index (χ3v) is 3.57. The number of anilines is 1. The van der Waals surface area contributed by atoms with Crippen LogP contribution in [-0.2, 0) is 6.18 Å². The van der Waals surface area contributed by atoms with Gasteiger partial charge in [-0.15, -0.1) is 0 Å². The van der Waals surface area contributed by atoms with E-state index in [4.69, 9.17) is 5.11 Å². The molecule has 1 fully saturated rings. The van der Waals surface area contributed by atoms with Crippen LogP contribution in [0, 0.1) is 5.92 Å². The summed E-state index contributed by atoms with van der Waals surface area (Å²) in [6, 6.07) is 1.52. The van der Waals surface area contributed by atoms with Gasteiger partial charge in [-0.05, 0) is 25.0 Å². The molecule has 2 atom stereocenters. The fourth-order valence-corrected chi connectivity index (χ4v) is 2.41. The highest BCUT2D eigenvalue weighted by molar-refractivity contribution is 5.93. The molecule has 1 aromatic rings. The zero-order valence-electron chi connectivity index (χ0n) is 11.0. The van der Waals surface area contributed by atoms with E-state index in [-0.39, 0.29) is 23.8 Å². The van der Waals surface area contributed by atoms with Crippen molar-refractivity contribution in [2.45, 2.75) is 31.5 Å². The van der Waals surface area contributed by atoms with Gasteiger partial charge < -0.3 is 15.5 Å². The maximum atomic E-state index is 12.6. The minimum Gasteiger partial charge on any atom is -0.478 e. The molecule has 0 amide bonds. The topological polar surface area (TPSA) is 82.5 Å². The summed E-state index contributed by atoms with van der Waals surface area (Å²) in [6.45, 7) is 0.190. The Hall–Kier alpha value is -1.83. The normalized spacial score (nSPS) is 22.3. The maximum absolute atomic E-state index is 12.6. The van der Waals surface area contributed by atoms with E-state index in [1.165, 1.54) is 0 Å². The molecule has 1 aliphatic carbocycles. The van der Waals surface area contributed by atoms with Gasteiger partial charge in [0, 0.05) is 12.5 Å². The Kier molecular flexibility index (Phi) is 4.36. The van der Waals surface area contributed by atoms with E-state index in [2.05, 4.69) is 10.3 Å². The predicted molar refractivity (Wildman–Crippen MR) is 68.0 cm³/mol. The van der Waals surface area contributed by atoms with Crippen molar-refractivity contribution in [1.29, 1.82) is 0 Å². The monoisotopic (exact) mass is 304 g/mol. The lowest BCUT2D eigenvalue weighted by atomic mass is 10.1. The van der Waals surface area contributed by atoms with Crippen LogP contribution < -0.4 is 5.32 Å². The first-order valence-electron chi connectivity index (χ1n) is 6.52. The van der Waals surface area contributed by atoms with Crippen LogP contribution in [0.3, 0.4) is 0 Å². The summed E-state index contributed by atoms with van der Waals surface area (Å²) in [7, 11) is 0. The zero-order valence-corrected chi connectivity index (χ0v) is 11.0. The van der Waals surface area contributed by atoms with Crippen molar-refractivity contribution in [3.05, 3.63) is 23.4 Å². The van der Waals surface area contributed by atoms with Crippen LogP contribution in [0.1, 0.15) is 35.3 Å². The number of nitrogens with one attached hydrogen (secondary N) is 1. The zero-order chi connectivity index (χ0) is 15.6. The summed E-state index contributed by atoms with van der Waals surface area (Å²) in [5, 5.41) is 21.3. The number of hydrogen-bond acceptors (Lipinski definition) is 4. The molecule has 21 heavy (non-hydrogen) atoms. The highest BCUT2D eigenvalue weighted by Gasteiger charge is 2.34. The van der Waals surface area contributed by atoms with Crippen LogP contribution in [0.4, 0.5) is 19.0 Å². The Morgan fingerprint density at radius 3 is 2.62 bits per heavy atom. The first kappa shape index (κ1) is 15.6. The standard InChI is InChI=1S/C13H15F3N2O3/c14-13(15,16)10-5-4-8(12(20)21)11(18-10)17-6-7-2-1-3-9(7)19/h4-5,7,9,19H,1-3,6H2,(H,17,18)(H,20,21). The molecule has 0 radical (unpaired) electrons. The van der Waals surface area contributed by atoms with Crippen molar-refractivity contribution in [1.82, 2.24) is 4.98 Å². The predicted octanol–water partition coefficient (Wildman–Crippen LogP) is 2.37. The molecule has 3 N–H and O–H groups in total. The van der Waals surface area contributed by atoms with Gasteiger partial charge in [0.2, 0.25) is 0 Å². The van der Waals surface area contributed by atoms with Crippen LogP contribution in [0.15, 0.2) is 12.1 Å². The third kappa shape index (κ3) is 3.63. The molecule has 0 aliphatic heterocycles. The summed E-state index contributed by atoms with van der Waals surface area (Å²) < 4.78 is 37.9. The molecule has 0 saturated heterocycles.